The standard InChI is InChI=1S/C26H41BN10O16/c1-7(38)34-15-9(36-23(28)29)3-13(21(44)45)50-19(15)17(42)11(40)5-32-25(48)52-27-53-26(49)33-6-12(41)18(43)20-16(35-8(2)39)10(37-24(30)31)4-14(51-20)22(46)47/h3-4,9-12,15-20,27,40-43H,5-6H2,1-2H3,(H,32,48)(H,33,49)(H,34,38)(H,35,39)(H,44,45)(H,46,47)(H4,28,29,36)(H4,30,31,37)/t9-,10-,11+,12+,15+,16+,17+,18+,19+,20+/m0/s1. The highest BCUT2D eigenvalue weighted by Gasteiger charge is 2.45. The number of carbonyl (C=O) groups excluding carboxylic acids is 4. The lowest BCUT2D eigenvalue weighted by atomic mass is 9.92. The molecule has 2 aliphatic heterocycles. The van der Waals surface area contributed by atoms with Crippen LogP contribution in [0.25, 0.3) is 0 Å². The molecule has 0 saturated carbocycles. The maximum Gasteiger partial charge on any atom is 0.582 e. The minimum Gasteiger partial charge on any atom is -0.485 e. The topological polar surface area (TPSA) is 433 Å². The van der Waals surface area contributed by atoms with Gasteiger partial charge in [0.2, 0.25) is 23.3 Å². The molecular weight excluding hydrogens is 719 g/mol. The van der Waals surface area contributed by atoms with Crippen LogP contribution in [0.4, 0.5) is 9.59 Å². The molecule has 18 N–H and O–H groups in total. The van der Waals surface area contributed by atoms with Gasteiger partial charge in [0.1, 0.15) is 36.6 Å². The zero-order valence-electron chi connectivity index (χ0n) is 28.0. The Morgan fingerprint density at radius 2 is 1.06 bits per heavy atom. The van der Waals surface area contributed by atoms with E-state index in [4.69, 9.17) is 31.8 Å². The van der Waals surface area contributed by atoms with Crippen LogP contribution in [-0.2, 0) is 38.0 Å². The number of nitrogens with one attached hydrogen (secondary N) is 8. The average molecular weight is 760 g/mol. The van der Waals surface area contributed by atoms with Crippen LogP contribution in [0.1, 0.15) is 13.8 Å². The molecule has 2 rings (SSSR count). The smallest absolute Gasteiger partial charge is 0.485 e. The van der Waals surface area contributed by atoms with Gasteiger partial charge in [0.05, 0.1) is 24.2 Å². The first kappa shape index (κ1) is 43.1. The van der Waals surface area contributed by atoms with Crippen molar-refractivity contribution in [1.29, 1.82) is 10.8 Å². The van der Waals surface area contributed by atoms with Crippen LogP contribution in [0.3, 0.4) is 0 Å². The quantitative estimate of drug-likeness (QED) is 0.0394. The highest BCUT2D eigenvalue weighted by molar-refractivity contribution is 6.25. The Kier molecular flexibility index (Phi) is 15.9. The van der Waals surface area contributed by atoms with E-state index in [1.54, 1.807) is 0 Å². The van der Waals surface area contributed by atoms with Gasteiger partial charge in [-0.25, -0.2) is 19.2 Å². The number of carboxylic acids is 2. The summed E-state index contributed by atoms with van der Waals surface area (Å²) in [5.41, 5.74) is 10.7. The molecule has 27 heteroatoms. The largest absolute Gasteiger partial charge is 0.582 e. The number of guanidine groups is 2. The summed E-state index contributed by atoms with van der Waals surface area (Å²) in [6, 6.07) is -4.90. The van der Waals surface area contributed by atoms with Crippen molar-refractivity contribution in [3.8, 4) is 0 Å². The number of aliphatic hydroxyl groups excluding tert-OH is 4. The van der Waals surface area contributed by atoms with Gasteiger partial charge in [-0.05, 0) is 12.2 Å². The first-order valence-corrected chi connectivity index (χ1v) is 15.2. The van der Waals surface area contributed by atoms with Crippen molar-refractivity contribution in [2.75, 3.05) is 13.1 Å². The number of hydrogen-bond donors (Lipinski definition) is 16. The SMILES string of the molecule is CC(=O)N[C@H]1[C@H]([C@H](O)[C@H](O)CNC(=O)OBOC(=O)NC[C@@H](O)[C@@H](O)[C@@H]2OC(C(=O)O)=C[C@H](NC(=N)N)[C@H]2NC(C)=O)OC(C(=O)O)=C[C@@H]1NC(=N)N. The fourth-order valence-electron chi connectivity index (χ4n) is 5.00. The number of nitrogens with two attached hydrogens (primary N) is 2. The van der Waals surface area contributed by atoms with Gasteiger partial charge in [-0.1, -0.05) is 0 Å². The molecule has 4 amide bonds. The number of hydrogen-bond acceptors (Lipinski definition) is 16. The maximum absolute atomic E-state index is 12.1. The van der Waals surface area contributed by atoms with Crippen molar-refractivity contribution in [2.45, 2.75) is 74.6 Å². The summed E-state index contributed by atoms with van der Waals surface area (Å²) in [4.78, 5) is 71.0. The lowest BCUT2D eigenvalue weighted by Crippen LogP contribution is -2.64. The van der Waals surface area contributed by atoms with Crippen molar-refractivity contribution >= 4 is 55.5 Å². The number of aliphatic hydroxyl groups is 4. The molecule has 53 heavy (non-hydrogen) atoms. The molecular formula is C26H41BN10O16. The number of aliphatic carboxylic acids is 2. The summed E-state index contributed by atoms with van der Waals surface area (Å²) in [7, 11) is -1.04. The number of rotatable bonds is 16. The zero-order valence-corrected chi connectivity index (χ0v) is 28.0. The third-order valence-corrected chi connectivity index (χ3v) is 7.23. The van der Waals surface area contributed by atoms with Gasteiger partial charge in [-0.3, -0.25) is 20.4 Å². The van der Waals surface area contributed by atoms with E-state index in [2.05, 4.69) is 30.6 Å². The predicted molar refractivity (Wildman–Crippen MR) is 174 cm³/mol. The molecule has 294 valence electrons. The van der Waals surface area contributed by atoms with Gasteiger partial charge >= 0.3 is 31.8 Å². The fourth-order valence-corrected chi connectivity index (χ4v) is 5.00. The summed E-state index contributed by atoms with van der Waals surface area (Å²) in [6.45, 7) is 0.712. The number of ether oxygens (including phenoxy) is 2. The summed E-state index contributed by atoms with van der Waals surface area (Å²) < 4.78 is 19.8. The second-order valence-electron chi connectivity index (χ2n) is 11.3. The molecule has 10 atom stereocenters. The third kappa shape index (κ3) is 13.2. The fraction of sp³-hybridized carbons (Fsp3) is 0.538. The van der Waals surface area contributed by atoms with E-state index >= 15 is 0 Å². The Bertz CT molecular complexity index is 1380. The molecule has 0 aromatic rings. The monoisotopic (exact) mass is 760 g/mol. The van der Waals surface area contributed by atoms with E-state index in [-0.39, 0.29) is 0 Å². The third-order valence-electron chi connectivity index (χ3n) is 7.23. The number of amides is 4. The van der Waals surface area contributed by atoms with Crippen LogP contribution in [0.15, 0.2) is 23.7 Å². The Balaban J connectivity index is 1.91. The van der Waals surface area contributed by atoms with Crippen molar-refractivity contribution in [3.05, 3.63) is 23.7 Å². The summed E-state index contributed by atoms with van der Waals surface area (Å²) in [5.74, 6) is -7.11. The van der Waals surface area contributed by atoms with Crippen molar-refractivity contribution in [2.24, 2.45) is 11.5 Å². The average Bonchev–Trinajstić information content (AvgIpc) is 3.05. The Morgan fingerprint density at radius 1 is 0.717 bits per heavy atom. The Hall–Kier alpha value is -6.06. The first-order chi connectivity index (χ1) is 24.7. The Morgan fingerprint density at radius 3 is 1.34 bits per heavy atom. The van der Waals surface area contributed by atoms with Crippen LogP contribution in [0.5, 0.6) is 0 Å². The van der Waals surface area contributed by atoms with E-state index in [9.17, 15) is 59.4 Å². The molecule has 2 heterocycles. The molecule has 26 nitrogen and oxygen atoms in total. The molecule has 0 unspecified atom stereocenters. The Labute approximate surface area is 299 Å². The second-order valence-corrected chi connectivity index (χ2v) is 11.3. The van der Waals surface area contributed by atoms with E-state index in [1.165, 1.54) is 0 Å². The van der Waals surface area contributed by atoms with Crippen molar-refractivity contribution in [1.82, 2.24) is 31.9 Å². The van der Waals surface area contributed by atoms with Gasteiger partial charge in [0.25, 0.3) is 0 Å². The lowest BCUT2D eigenvalue weighted by Gasteiger charge is -2.40. The minimum atomic E-state index is -1.97. The molecule has 0 aromatic heterocycles. The van der Waals surface area contributed by atoms with E-state index < -0.39 is 141 Å². The van der Waals surface area contributed by atoms with Crippen molar-refractivity contribution in [3.63, 3.8) is 0 Å². The molecule has 0 aromatic carbocycles. The molecule has 0 saturated heterocycles. The van der Waals surface area contributed by atoms with Crippen LogP contribution in [-0.4, -0.2) is 160 Å². The first-order valence-electron chi connectivity index (χ1n) is 15.2. The van der Waals surface area contributed by atoms with Gasteiger partial charge < -0.3 is 92.8 Å². The summed E-state index contributed by atoms with van der Waals surface area (Å²) in [6.07, 6.45) is -11.6. The van der Waals surface area contributed by atoms with E-state index in [0.717, 1.165) is 26.0 Å². The summed E-state index contributed by atoms with van der Waals surface area (Å²) in [5, 5.41) is 89.9. The van der Waals surface area contributed by atoms with Crippen LogP contribution in [0, 0.1) is 10.8 Å². The highest BCUT2D eigenvalue weighted by Crippen LogP contribution is 2.24. The zero-order chi connectivity index (χ0) is 40.2. The molecule has 0 aliphatic carbocycles. The van der Waals surface area contributed by atoms with Crippen LogP contribution in [0.2, 0.25) is 0 Å². The molecule has 0 radical (unpaired) electrons. The number of carbonyl (C=O) groups is 6. The minimum absolute atomic E-state index is 0.617. The number of carboxylic acid groups (broad SMARTS) is 2. The predicted octanol–water partition coefficient (Wildman–Crippen LogP) is -7.40. The molecule has 0 spiro atoms. The van der Waals surface area contributed by atoms with E-state index in [1.807, 2.05) is 10.6 Å². The maximum atomic E-state index is 12.1. The van der Waals surface area contributed by atoms with Gasteiger partial charge in [0.15, 0.2) is 11.9 Å². The second kappa shape index (κ2) is 19.5. The summed E-state index contributed by atoms with van der Waals surface area (Å²) >= 11 is 0. The van der Waals surface area contributed by atoms with Crippen LogP contribution >= 0.6 is 0 Å². The highest BCUT2D eigenvalue weighted by atomic mass is 16.6. The normalized spacial score (nSPS) is 24.2. The van der Waals surface area contributed by atoms with Gasteiger partial charge in [-0.15, -0.1) is 0 Å². The van der Waals surface area contributed by atoms with E-state index in [0.29, 0.717) is 0 Å². The van der Waals surface area contributed by atoms with Crippen molar-refractivity contribution < 1.29 is 78.2 Å². The molecule has 0 bridgehead atoms. The molecule has 0 fully saturated rings. The van der Waals surface area contributed by atoms with Crippen LogP contribution < -0.4 is 43.4 Å². The van der Waals surface area contributed by atoms with Gasteiger partial charge in [0, 0.05) is 26.9 Å². The lowest BCUT2D eigenvalue weighted by molar-refractivity contribution is -0.145. The van der Waals surface area contributed by atoms with Gasteiger partial charge in [-0.2, -0.15) is 0 Å². The molecule has 2 aliphatic rings.